The van der Waals surface area contributed by atoms with Crippen molar-refractivity contribution in [3.8, 4) is 5.75 Å². The summed E-state index contributed by atoms with van der Waals surface area (Å²) in [5.41, 5.74) is 2.27. The number of anilines is 1. The van der Waals surface area contributed by atoms with E-state index in [2.05, 4.69) is 0 Å². The van der Waals surface area contributed by atoms with Crippen LogP contribution in [0.5, 0.6) is 5.75 Å². The number of likely N-dealkylation sites (N-methyl/N-ethyl adjacent to an activating group) is 2. The maximum Gasteiger partial charge on any atom is 0.264 e. The topological polar surface area (TPSA) is 19.0 Å². The van der Waals surface area contributed by atoms with E-state index in [0.29, 0.717) is 31.0 Å². The Morgan fingerprint density at radius 3 is 2.39 bits per heavy atom. The molecule has 2 aliphatic rings. The number of nitrogens with zero attached hydrogens (tertiary/aromatic N) is 3. The van der Waals surface area contributed by atoms with E-state index in [0.717, 1.165) is 11.3 Å². The number of rotatable bonds is 2. The normalized spacial score (nSPS) is 17.5. The molecular formula is C17H25F2N3O. The molecule has 0 aliphatic carbocycles. The van der Waals surface area contributed by atoms with Crippen LogP contribution in [0.2, 0.25) is 0 Å². The van der Waals surface area contributed by atoms with Gasteiger partial charge in [0, 0.05) is 39.5 Å². The van der Waals surface area contributed by atoms with E-state index in [1.165, 1.54) is 0 Å². The molecule has 1 aromatic carbocycles. The van der Waals surface area contributed by atoms with Gasteiger partial charge < -0.3 is 14.6 Å². The molecule has 0 saturated carbocycles. The van der Waals surface area contributed by atoms with Gasteiger partial charge in [0.05, 0.1) is 12.2 Å². The van der Waals surface area contributed by atoms with E-state index in [9.17, 15) is 8.78 Å². The average molecular weight is 325 g/mol. The van der Waals surface area contributed by atoms with Gasteiger partial charge in [-0.05, 0) is 23.3 Å². The summed E-state index contributed by atoms with van der Waals surface area (Å²) in [5, 5.41) is 3.87. The number of hydrogen-bond acceptors (Lipinski definition) is 4. The van der Waals surface area contributed by atoms with Crippen molar-refractivity contribution in [1.29, 1.82) is 0 Å². The molecule has 2 heterocycles. The highest BCUT2D eigenvalue weighted by molar-refractivity contribution is 5.76. The minimum absolute atomic E-state index is 0.0704. The van der Waals surface area contributed by atoms with Crippen molar-refractivity contribution >= 4 is 11.3 Å². The van der Waals surface area contributed by atoms with Gasteiger partial charge >= 0.3 is 0 Å². The third-order valence-electron chi connectivity index (χ3n) is 4.09. The molecule has 1 aromatic rings. The summed E-state index contributed by atoms with van der Waals surface area (Å²) in [4.78, 5) is 1.95. The fraction of sp³-hybridized carbons (Fsp3) is 0.529. The van der Waals surface area contributed by atoms with Gasteiger partial charge in [0.2, 0.25) is 0 Å². The largest absolute Gasteiger partial charge is 0.490 e. The number of alkyl halides is 2. The van der Waals surface area contributed by atoms with Crippen LogP contribution in [0.25, 0.3) is 5.57 Å². The molecule has 2 aliphatic heterocycles. The first-order valence-corrected chi connectivity index (χ1v) is 7.92. The van der Waals surface area contributed by atoms with Gasteiger partial charge in [-0.3, -0.25) is 0 Å². The van der Waals surface area contributed by atoms with E-state index in [1.807, 2.05) is 56.1 Å². The van der Waals surface area contributed by atoms with E-state index >= 15 is 0 Å². The first kappa shape index (κ1) is 17.5. The first-order valence-electron chi connectivity index (χ1n) is 7.92. The third kappa shape index (κ3) is 3.42. The number of halogens is 2. The number of fused-ring (bicyclic) bond motifs is 1. The minimum Gasteiger partial charge on any atom is -0.490 e. The van der Waals surface area contributed by atoms with Gasteiger partial charge in [-0.1, -0.05) is 13.8 Å². The molecule has 0 N–H and O–H groups in total. The lowest BCUT2D eigenvalue weighted by Crippen LogP contribution is -2.29. The SMILES string of the molecule is CC.CN1CCOc2cc(C3=CN(C)N(C)C3)c(C(F)F)cc21. The van der Waals surface area contributed by atoms with Crippen LogP contribution in [0.4, 0.5) is 14.5 Å². The lowest BCUT2D eigenvalue weighted by molar-refractivity contribution is 0.118. The van der Waals surface area contributed by atoms with Gasteiger partial charge in [0.1, 0.15) is 12.4 Å². The Balaban J connectivity index is 0.000000924. The second-order valence-electron chi connectivity index (χ2n) is 5.52. The molecule has 0 radical (unpaired) electrons. The van der Waals surface area contributed by atoms with Crippen LogP contribution < -0.4 is 9.64 Å². The van der Waals surface area contributed by atoms with E-state index in [4.69, 9.17) is 4.74 Å². The maximum absolute atomic E-state index is 13.5. The number of hydrazine groups is 1. The number of ether oxygens (including phenoxy) is 1. The van der Waals surface area contributed by atoms with E-state index in [-0.39, 0.29) is 5.56 Å². The minimum atomic E-state index is -2.50. The van der Waals surface area contributed by atoms with Gasteiger partial charge in [0.15, 0.2) is 0 Å². The van der Waals surface area contributed by atoms with Gasteiger partial charge in [-0.15, -0.1) is 0 Å². The molecule has 6 heteroatoms. The predicted octanol–water partition coefficient (Wildman–Crippen LogP) is 3.61. The van der Waals surface area contributed by atoms with E-state index in [1.54, 1.807) is 12.1 Å². The molecular weight excluding hydrogens is 300 g/mol. The Kier molecular flexibility index (Phi) is 5.46. The highest BCUT2D eigenvalue weighted by atomic mass is 19.3. The molecule has 0 saturated heterocycles. The van der Waals surface area contributed by atoms with Gasteiger partial charge in [-0.2, -0.15) is 0 Å². The molecule has 23 heavy (non-hydrogen) atoms. The maximum atomic E-state index is 13.5. The Morgan fingerprint density at radius 2 is 1.83 bits per heavy atom. The summed E-state index contributed by atoms with van der Waals surface area (Å²) in [5.74, 6) is 0.682. The molecule has 0 aromatic heterocycles. The lowest BCUT2D eigenvalue weighted by Gasteiger charge is -2.29. The van der Waals surface area contributed by atoms with Crippen molar-refractivity contribution in [3.05, 3.63) is 29.5 Å². The second-order valence-corrected chi connectivity index (χ2v) is 5.52. The van der Waals surface area contributed by atoms with Gasteiger partial charge in [-0.25, -0.2) is 13.8 Å². The van der Waals surface area contributed by atoms with Crippen molar-refractivity contribution in [2.24, 2.45) is 0 Å². The summed E-state index contributed by atoms with van der Waals surface area (Å²) in [6.45, 7) is 5.91. The van der Waals surface area contributed by atoms with Crippen LogP contribution in [0.15, 0.2) is 18.3 Å². The quantitative estimate of drug-likeness (QED) is 0.827. The second kappa shape index (κ2) is 7.17. The zero-order valence-corrected chi connectivity index (χ0v) is 14.4. The molecule has 4 nitrogen and oxygen atoms in total. The van der Waals surface area contributed by atoms with Crippen molar-refractivity contribution in [3.63, 3.8) is 0 Å². The smallest absolute Gasteiger partial charge is 0.264 e. The molecule has 0 bridgehead atoms. The fourth-order valence-electron chi connectivity index (χ4n) is 2.75. The molecule has 3 rings (SSSR count). The van der Waals surface area contributed by atoms with E-state index < -0.39 is 6.43 Å². The lowest BCUT2D eigenvalue weighted by atomic mass is 9.98. The monoisotopic (exact) mass is 325 g/mol. The fourth-order valence-corrected chi connectivity index (χ4v) is 2.75. The molecule has 0 unspecified atom stereocenters. The summed E-state index contributed by atoms with van der Waals surface area (Å²) in [6.07, 6.45) is -0.613. The first-order chi connectivity index (χ1) is 11.0. The van der Waals surface area contributed by atoms with Crippen molar-refractivity contribution in [1.82, 2.24) is 10.0 Å². The predicted molar refractivity (Wildman–Crippen MR) is 89.9 cm³/mol. The highest BCUT2D eigenvalue weighted by Gasteiger charge is 2.26. The van der Waals surface area contributed by atoms with Crippen LogP contribution >= 0.6 is 0 Å². The zero-order chi connectivity index (χ0) is 17.1. The summed E-state index contributed by atoms with van der Waals surface area (Å²) < 4.78 is 32.6. The Bertz CT molecular complexity index is 589. The van der Waals surface area contributed by atoms with Crippen LogP contribution in [-0.4, -0.2) is 50.9 Å². The standard InChI is InChI=1S/C15H19F2N3O.C2H6/c1-18-4-5-21-14-7-11(10-8-19(2)20(3)9-10)12(15(16)17)6-13(14)18;1-2/h6-8,15H,4-5,9H2,1-3H3;1-2H3. The Hall–Kier alpha value is -1.82. The van der Waals surface area contributed by atoms with Crippen molar-refractivity contribution in [2.45, 2.75) is 20.3 Å². The Morgan fingerprint density at radius 1 is 1.13 bits per heavy atom. The third-order valence-corrected chi connectivity index (χ3v) is 4.09. The molecule has 0 amide bonds. The molecule has 0 fully saturated rings. The van der Waals surface area contributed by atoms with Crippen LogP contribution in [-0.2, 0) is 0 Å². The summed E-state index contributed by atoms with van der Waals surface area (Å²) in [7, 11) is 5.72. The van der Waals surface area contributed by atoms with Crippen LogP contribution in [0.1, 0.15) is 31.4 Å². The van der Waals surface area contributed by atoms with Crippen LogP contribution in [0.3, 0.4) is 0 Å². The zero-order valence-electron chi connectivity index (χ0n) is 14.4. The number of hydrogen-bond donors (Lipinski definition) is 0. The molecule has 0 atom stereocenters. The highest BCUT2D eigenvalue weighted by Crippen LogP contribution is 2.40. The van der Waals surface area contributed by atoms with Crippen molar-refractivity contribution in [2.75, 3.05) is 45.7 Å². The summed E-state index contributed by atoms with van der Waals surface area (Å²) in [6, 6.07) is 3.32. The number of benzene rings is 1. The van der Waals surface area contributed by atoms with Gasteiger partial charge in [0.25, 0.3) is 6.43 Å². The van der Waals surface area contributed by atoms with Crippen molar-refractivity contribution < 1.29 is 13.5 Å². The Labute approximate surface area is 136 Å². The van der Waals surface area contributed by atoms with Crippen LogP contribution in [0, 0.1) is 0 Å². The molecule has 0 spiro atoms. The average Bonchev–Trinajstić information content (AvgIpc) is 2.88. The molecule has 128 valence electrons. The summed E-state index contributed by atoms with van der Waals surface area (Å²) >= 11 is 0.